The Bertz CT molecular complexity index is 329. The molecule has 1 aliphatic heterocycles. The molecule has 0 unspecified atom stereocenters. The first kappa shape index (κ1) is 8.31. The second kappa shape index (κ2) is 3.22. The average Bonchev–Trinajstić information content (AvgIpc) is 2.51. The van der Waals surface area contributed by atoms with Crippen molar-refractivity contribution >= 4 is 11.5 Å². The molecule has 0 saturated heterocycles. The number of hydrogen-bond acceptors (Lipinski definition) is 4. The van der Waals surface area contributed by atoms with Crippen LogP contribution in [-0.2, 0) is 0 Å². The Morgan fingerprint density at radius 3 is 3.08 bits per heavy atom. The van der Waals surface area contributed by atoms with E-state index < -0.39 is 0 Å². The van der Waals surface area contributed by atoms with Crippen LogP contribution in [0.15, 0.2) is 16.8 Å². The predicted octanol–water partition coefficient (Wildman–Crippen LogP) is 0.976. The van der Waals surface area contributed by atoms with E-state index in [4.69, 9.17) is 10.3 Å². The Morgan fingerprint density at radius 2 is 2.46 bits per heavy atom. The summed E-state index contributed by atoms with van der Waals surface area (Å²) >= 11 is 0. The van der Waals surface area contributed by atoms with E-state index in [-0.39, 0.29) is 0 Å². The third-order valence-electron chi connectivity index (χ3n) is 2.29. The van der Waals surface area contributed by atoms with Gasteiger partial charge in [0.2, 0.25) is 5.88 Å². The Kier molecular flexibility index (Phi) is 2.06. The number of anilines is 1. The highest BCUT2D eigenvalue weighted by Crippen LogP contribution is 2.24. The Labute approximate surface area is 77.0 Å². The molecule has 1 aromatic rings. The standard InChI is InChI=1S/C9H13N3O/c1-12-4-2-3-7(6-12)8-5-11-13-9(8)10/h3,5H,2,4,6,10H2,1H3. The van der Waals surface area contributed by atoms with Gasteiger partial charge in [0.15, 0.2) is 0 Å². The van der Waals surface area contributed by atoms with E-state index in [0.29, 0.717) is 5.88 Å². The van der Waals surface area contributed by atoms with Crippen molar-refractivity contribution < 1.29 is 4.52 Å². The second-order valence-electron chi connectivity index (χ2n) is 3.36. The monoisotopic (exact) mass is 179 g/mol. The fourth-order valence-corrected chi connectivity index (χ4v) is 1.58. The van der Waals surface area contributed by atoms with Gasteiger partial charge in [0.05, 0.1) is 11.8 Å². The lowest BCUT2D eigenvalue weighted by Crippen LogP contribution is -2.24. The quantitative estimate of drug-likeness (QED) is 0.698. The number of hydrogen-bond donors (Lipinski definition) is 1. The van der Waals surface area contributed by atoms with Crippen LogP contribution in [0.1, 0.15) is 12.0 Å². The van der Waals surface area contributed by atoms with Crippen molar-refractivity contribution in [2.45, 2.75) is 6.42 Å². The van der Waals surface area contributed by atoms with Gasteiger partial charge in [-0.2, -0.15) is 0 Å². The second-order valence-corrected chi connectivity index (χ2v) is 3.36. The zero-order valence-electron chi connectivity index (χ0n) is 7.66. The molecule has 0 spiro atoms. The summed E-state index contributed by atoms with van der Waals surface area (Å²) in [6.07, 6.45) is 4.94. The van der Waals surface area contributed by atoms with E-state index >= 15 is 0 Å². The highest BCUT2D eigenvalue weighted by atomic mass is 16.5. The molecule has 0 atom stereocenters. The molecule has 0 fully saturated rings. The first-order valence-corrected chi connectivity index (χ1v) is 4.35. The molecule has 2 heterocycles. The lowest BCUT2D eigenvalue weighted by Gasteiger charge is -2.22. The van der Waals surface area contributed by atoms with Crippen LogP contribution in [0.5, 0.6) is 0 Å². The molecule has 0 saturated carbocycles. The smallest absolute Gasteiger partial charge is 0.229 e. The molecule has 0 aliphatic carbocycles. The lowest BCUT2D eigenvalue weighted by atomic mass is 10.0. The summed E-state index contributed by atoms with van der Waals surface area (Å²) < 4.78 is 4.82. The van der Waals surface area contributed by atoms with Gasteiger partial charge in [-0.25, -0.2) is 0 Å². The molecule has 13 heavy (non-hydrogen) atoms. The van der Waals surface area contributed by atoms with Crippen molar-refractivity contribution in [2.75, 3.05) is 25.9 Å². The van der Waals surface area contributed by atoms with Crippen molar-refractivity contribution in [3.8, 4) is 0 Å². The van der Waals surface area contributed by atoms with Gasteiger partial charge < -0.3 is 15.2 Å². The highest BCUT2D eigenvalue weighted by Gasteiger charge is 2.14. The summed E-state index contributed by atoms with van der Waals surface area (Å²) in [5.41, 5.74) is 7.78. The third kappa shape index (κ3) is 1.58. The van der Waals surface area contributed by atoms with Crippen LogP contribution < -0.4 is 5.73 Å². The molecular formula is C9H13N3O. The summed E-state index contributed by atoms with van der Waals surface area (Å²) in [6.45, 7) is 2.03. The fraction of sp³-hybridized carbons (Fsp3) is 0.444. The molecule has 70 valence electrons. The molecule has 2 N–H and O–H groups in total. The zero-order valence-corrected chi connectivity index (χ0v) is 7.66. The van der Waals surface area contributed by atoms with Crippen LogP contribution in [0, 0.1) is 0 Å². The Hall–Kier alpha value is -1.29. The number of aromatic nitrogens is 1. The Balaban J connectivity index is 2.26. The molecular weight excluding hydrogens is 166 g/mol. The maximum absolute atomic E-state index is 5.63. The van der Waals surface area contributed by atoms with E-state index in [9.17, 15) is 0 Å². The van der Waals surface area contributed by atoms with Crippen molar-refractivity contribution in [1.82, 2.24) is 10.1 Å². The number of nitrogens with two attached hydrogens (primary N) is 1. The molecule has 0 bridgehead atoms. The Morgan fingerprint density at radius 1 is 1.62 bits per heavy atom. The minimum Gasteiger partial charge on any atom is -0.367 e. The van der Waals surface area contributed by atoms with Crippen LogP contribution in [0.3, 0.4) is 0 Å². The maximum atomic E-state index is 5.63. The number of rotatable bonds is 1. The van der Waals surface area contributed by atoms with Gasteiger partial charge in [-0.15, -0.1) is 0 Å². The van der Waals surface area contributed by atoms with Crippen LogP contribution in [-0.4, -0.2) is 30.2 Å². The lowest BCUT2D eigenvalue weighted by molar-refractivity contribution is 0.373. The van der Waals surface area contributed by atoms with Crippen molar-refractivity contribution in [1.29, 1.82) is 0 Å². The maximum Gasteiger partial charge on any atom is 0.229 e. The molecule has 1 aromatic heterocycles. The van der Waals surface area contributed by atoms with Crippen LogP contribution in [0.4, 0.5) is 5.88 Å². The van der Waals surface area contributed by atoms with Gasteiger partial charge in [0.1, 0.15) is 0 Å². The summed E-state index contributed by atoms with van der Waals surface area (Å²) in [6, 6.07) is 0. The third-order valence-corrected chi connectivity index (χ3v) is 2.29. The molecule has 0 radical (unpaired) electrons. The summed E-state index contributed by atoms with van der Waals surface area (Å²) in [5.74, 6) is 0.418. The minimum atomic E-state index is 0.418. The molecule has 0 amide bonds. The van der Waals surface area contributed by atoms with Gasteiger partial charge in [-0.1, -0.05) is 11.2 Å². The van der Waals surface area contributed by atoms with E-state index in [1.165, 1.54) is 5.57 Å². The van der Waals surface area contributed by atoms with Gasteiger partial charge in [-0.05, 0) is 19.0 Å². The SMILES string of the molecule is CN1CCC=C(c2cnoc2N)C1. The molecule has 0 aromatic carbocycles. The highest BCUT2D eigenvalue weighted by molar-refractivity contribution is 5.73. The van der Waals surface area contributed by atoms with Crippen LogP contribution in [0.25, 0.3) is 5.57 Å². The topological polar surface area (TPSA) is 55.3 Å². The fourth-order valence-electron chi connectivity index (χ4n) is 1.58. The molecule has 2 rings (SSSR count). The van der Waals surface area contributed by atoms with Gasteiger partial charge in [0.25, 0.3) is 0 Å². The number of nitrogens with zero attached hydrogens (tertiary/aromatic N) is 2. The van der Waals surface area contributed by atoms with E-state index in [1.807, 2.05) is 0 Å². The van der Waals surface area contributed by atoms with E-state index in [2.05, 4.69) is 23.2 Å². The summed E-state index contributed by atoms with van der Waals surface area (Å²) in [7, 11) is 2.09. The largest absolute Gasteiger partial charge is 0.367 e. The van der Waals surface area contributed by atoms with Crippen molar-refractivity contribution in [3.63, 3.8) is 0 Å². The van der Waals surface area contributed by atoms with Gasteiger partial charge >= 0.3 is 0 Å². The van der Waals surface area contributed by atoms with Crippen LogP contribution in [0.2, 0.25) is 0 Å². The molecule has 4 heteroatoms. The number of likely N-dealkylation sites (N-methyl/N-ethyl adjacent to an activating group) is 1. The van der Waals surface area contributed by atoms with E-state index in [1.54, 1.807) is 6.20 Å². The first-order valence-electron chi connectivity index (χ1n) is 4.35. The van der Waals surface area contributed by atoms with Gasteiger partial charge in [0, 0.05) is 13.1 Å². The van der Waals surface area contributed by atoms with Crippen molar-refractivity contribution in [3.05, 3.63) is 17.8 Å². The summed E-state index contributed by atoms with van der Waals surface area (Å²) in [4.78, 5) is 2.25. The first-order chi connectivity index (χ1) is 6.27. The normalized spacial score (nSPS) is 18.7. The minimum absolute atomic E-state index is 0.418. The summed E-state index contributed by atoms with van der Waals surface area (Å²) in [5, 5.41) is 3.66. The predicted molar refractivity (Wildman–Crippen MR) is 51.0 cm³/mol. The average molecular weight is 179 g/mol. The van der Waals surface area contributed by atoms with Crippen molar-refractivity contribution in [2.24, 2.45) is 0 Å². The molecule has 4 nitrogen and oxygen atoms in total. The van der Waals surface area contributed by atoms with Gasteiger partial charge in [-0.3, -0.25) is 0 Å². The zero-order chi connectivity index (χ0) is 9.26. The van der Waals surface area contributed by atoms with E-state index in [0.717, 1.165) is 25.1 Å². The molecule has 1 aliphatic rings. The number of nitrogen functional groups attached to an aromatic ring is 1. The van der Waals surface area contributed by atoms with Crippen LogP contribution >= 0.6 is 0 Å².